The van der Waals surface area contributed by atoms with Crippen LogP contribution in [0.4, 0.5) is 8.78 Å². The van der Waals surface area contributed by atoms with Crippen LogP contribution < -0.4 is 10.1 Å². The zero-order valence-electron chi connectivity index (χ0n) is 15.7. The zero-order chi connectivity index (χ0) is 20.5. The van der Waals surface area contributed by atoms with E-state index in [2.05, 4.69) is 5.32 Å². The Labute approximate surface area is 171 Å². The number of carbonyl (C=O) groups is 1. The summed E-state index contributed by atoms with van der Waals surface area (Å²) in [5, 5.41) is 23.1. The van der Waals surface area contributed by atoms with Crippen LogP contribution >= 0.6 is 11.3 Å². The third-order valence-corrected chi connectivity index (χ3v) is 6.91. The van der Waals surface area contributed by atoms with Crippen LogP contribution in [0.5, 0.6) is 5.75 Å². The highest BCUT2D eigenvalue weighted by Gasteiger charge is 2.38. The molecule has 1 heterocycles. The Morgan fingerprint density at radius 3 is 2.79 bits per heavy atom. The minimum atomic E-state index is -0.851. The molecular formula is C21H23F2NO4S. The van der Waals surface area contributed by atoms with Crippen molar-refractivity contribution in [2.24, 2.45) is 5.92 Å². The molecule has 4 unspecified atom stereocenters. The molecule has 2 aliphatic carbocycles. The Kier molecular flexibility index (Phi) is 5.96. The highest BCUT2D eigenvalue weighted by Crippen LogP contribution is 2.33. The van der Waals surface area contributed by atoms with Crippen LogP contribution in [-0.2, 0) is 13.0 Å². The molecular weight excluding hydrogens is 400 g/mol. The van der Waals surface area contributed by atoms with Gasteiger partial charge in [0, 0.05) is 39.9 Å². The number of halogens is 2. The number of benzene rings is 1. The second kappa shape index (κ2) is 8.47. The van der Waals surface area contributed by atoms with Gasteiger partial charge in [-0.1, -0.05) is 0 Å². The maximum absolute atomic E-state index is 13.8. The van der Waals surface area contributed by atoms with Gasteiger partial charge in [0.1, 0.15) is 18.0 Å². The molecule has 4 rings (SSSR count). The van der Waals surface area contributed by atoms with E-state index < -0.39 is 23.8 Å². The largest absolute Gasteiger partial charge is 0.485 e. The molecule has 29 heavy (non-hydrogen) atoms. The molecule has 3 N–H and O–H groups in total. The summed E-state index contributed by atoms with van der Waals surface area (Å²) in [5.41, 5.74) is 0.706. The van der Waals surface area contributed by atoms with Crippen LogP contribution in [0.1, 0.15) is 39.4 Å². The van der Waals surface area contributed by atoms with Gasteiger partial charge in [-0.25, -0.2) is 8.78 Å². The molecule has 1 fully saturated rings. The lowest BCUT2D eigenvalue weighted by Gasteiger charge is -2.25. The summed E-state index contributed by atoms with van der Waals surface area (Å²) in [6.07, 6.45) is 1.26. The molecule has 5 nitrogen and oxygen atoms in total. The van der Waals surface area contributed by atoms with Gasteiger partial charge in [0.2, 0.25) is 0 Å². The number of rotatable bonds is 6. The lowest BCUT2D eigenvalue weighted by atomic mass is 9.87. The Hall–Kier alpha value is -1.87. The average molecular weight is 423 g/mol. The van der Waals surface area contributed by atoms with Gasteiger partial charge in [0.25, 0.3) is 0 Å². The third-order valence-electron chi connectivity index (χ3n) is 5.73. The van der Waals surface area contributed by atoms with Crippen LogP contribution in [0.15, 0.2) is 24.3 Å². The molecule has 0 bridgehead atoms. The topological polar surface area (TPSA) is 78.8 Å². The minimum absolute atomic E-state index is 0.0574. The number of aliphatic hydroxyl groups excluding tert-OH is 2. The van der Waals surface area contributed by atoms with Crippen molar-refractivity contribution >= 4 is 17.1 Å². The van der Waals surface area contributed by atoms with E-state index in [0.29, 0.717) is 24.9 Å². The fourth-order valence-corrected chi connectivity index (χ4v) is 5.18. The third kappa shape index (κ3) is 4.21. The number of aliphatic hydroxyl groups is 2. The molecule has 8 heteroatoms. The van der Waals surface area contributed by atoms with E-state index in [0.717, 1.165) is 34.7 Å². The van der Waals surface area contributed by atoms with Gasteiger partial charge in [-0.05, 0) is 43.9 Å². The predicted octanol–water partition coefficient (Wildman–Crippen LogP) is 2.82. The van der Waals surface area contributed by atoms with Gasteiger partial charge < -0.3 is 20.3 Å². The van der Waals surface area contributed by atoms with Gasteiger partial charge in [-0.2, -0.15) is 0 Å². The van der Waals surface area contributed by atoms with Crippen LogP contribution in [0.2, 0.25) is 0 Å². The highest BCUT2D eigenvalue weighted by molar-refractivity contribution is 7.12. The molecule has 156 valence electrons. The number of thiophene rings is 1. The molecule has 4 atom stereocenters. The number of carbonyl (C=O) groups excluding carboxylic acids is 1. The van der Waals surface area contributed by atoms with Crippen LogP contribution in [-0.4, -0.2) is 40.8 Å². The quantitative estimate of drug-likeness (QED) is 0.666. The smallest absolute Gasteiger partial charge is 0.168 e. The predicted molar refractivity (Wildman–Crippen MR) is 104 cm³/mol. The summed E-state index contributed by atoms with van der Waals surface area (Å²) < 4.78 is 32.4. The molecule has 1 aromatic heterocycles. The molecule has 0 saturated heterocycles. The Balaban J connectivity index is 1.33. The SMILES string of the molecule is O=C1c2cc(CO)sc2CCC1CNC1CCC(Oc2ccc(F)cc2F)C1O. The van der Waals surface area contributed by atoms with Gasteiger partial charge in [-0.3, -0.25) is 4.79 Å². The summed E-state index contributed by atoms with van der Waals surface area (Å²) in [6, 6.07) is 4.61. The summed E-state index contributed by atoms with van der Waals surface area (Å²) in [4.78, 5) is 14.6. The lowest BCUT2D eigenvalue weighted by molar-refractivity contribution is 0.0420. The summed E-state index contributed by atoms with van der Waals surface area (Å²) >= 11 is 1.49. The molecule has 2 aromatic rings. The van der Waals surface area contributed by atoms with Crippen molar-refractivity contribution in [3.05, 3.63) is 51.2 Å². The number of hydrogen-bond acceptors (Lipinski definition) is 6. The number of Topliss-reactive ketones (excluding diaryl/α,β-unsaturated/α-hetero) is 1. The number of ketones is 1. The van der Waals surface area contributed by atoms with E-state index in [9.17, 15) is 23.8 Å². The lowest BCUT2D eigenvalue weighted by Crippen LogP contribution is -2.44. The average Bonchev–Trinajstić information content (AvgIpc) is 3.28. The van der Waals surface area contributed by atoms with Crippen molar-refractivity contribution in [3.63, 3.8) is 0 Å². The van der Waals surface area contributed by atoms with Crippen molar-refractivity contribution < 1.29 is 28.5 Å². The molecule has 1 aromatic carbocycles. The van der Waals surface area contributed by atoms with Gasteiger partial charge >= 0.3 is 0 Å². The summed E-state index contributed by atoms with van der Waals surface area (Å²) in [6.45, 7) is 0.389. The first-order valence-corrected chi connectivity index (χ1v) is 10.6. The van der Waals surface area contributed by atoms with Crippen LogP contribution in [0, 0.1) is 17.6 Å². The number of aryl methyl sites for hydroxylation is 1. The second-order valence-corrected chi connectivity index (χ2v) is 8.84. The van der Waals surface area contributed by atoms with E-state index in [4.69, 9.17) is 4.74 Å². The van der Waals surface area contributed by atoms with Crippen molar-refractivity contribution in [2.45, 2.75) is 50.5 Å². The number of ether oxygens (including phenoxy) is 1. The fourth-order valence-electron chi connectivity index (χ4n) is 4.13. The van der Waals surface area contributed by atoms with Crippen LogP contribution in [0.3, 0.4) is 0 Å². The second-order valence-electron chi connectivity index (χ2n) is 7.62. The summed E-state index contributed by atoms with van der Waals surface area (Å²) in [5.74, 6) is -1.66. The maximum Gasteiger partial charge on any atom is 0.168 e. The van der Waals surface area contributed by atoms with Crippen molar-refractivity contribution in [2.75, 3.05) is 6.54 Å². The van der Waals surface area contributed by atoms with E-state index >= 15 is 0 Å². The number of nitrogens with one attached hydrogen (secondary N) is 1. The first-order valence-electron chi connectivity index (χ1n) is 9.76. The molecule has 0 amide bonds. The monoisotopic (exact) mass is 423 g/mol. The maximum atomic E-state index is 13.8. The fraction of sp³-hybridized carbons (Fsp3) is 0.476. The molecule has 0 aliphatic heterocycles. The van der Waals surface area contributed by atoms with E-state index in [1.165, 1.54) is 17.4 Å². The van der Waals surface area contributed by atoms with Crippen molar-refractivity contribution in [1.29, 1.82) is 0 Å². The van der Waals surface area contributed by atoms with Crippen molar-refractivity contribution in [1.82, 2.24) is 5.32 Å². The molecule has 0 spiro atoms. The van der Waals surface area contributed by atoms with Gasteiger partial charge in [0.15, 0.2) is 17.3 Å². The highest BCUT2D eigenvalue weighted by atomic mass is 32.1. The molecule has 1 saturated carbocycles. The van der Waals surface area contributed by atoms with Crippen molar-refractivity contribution in [3.8, 4) is 5.75 Å². The van der Waals surface area contributed by atoms with Gasteiger partial charge in [-0.15, -0.1) is 11.3 Å². The van der Waals surface area contributed by atoms with Crippen LogP contribution in [0.25, 0.3) is 0 Å². The van der Waals surface area contributed by atoms with Gasteiger partial charge in [0.05, 0.1) is 6.61 Å². The van der Waals surface area contributed by atoms with E-state index in [1.54, 1.807) is 6.07 Å². The molecule has 2 aliphatic rings. The molecule has 0 radical (unpaired) electrons. The standard InChI is InChI=1S/C21H23F2NO4S/c22-12-2-4-17(15(23)7-12)28-18-5-3-16(21(18)27)24-9-11-1-6-19-14(20(11)26)8-13(10-25)29-19/h2,4,7-8,11,16,18,21,24-25,27H,1,3,5-6,9-10H2. The normalized spacial score (nSPS) is 26.6. The number of hydrogen-bond donors (Lipinski definition) is 3. The van der Waals surface area contributed by atoms with E-state index in [-0.39, 0.29) is 30.1 Å². The minimum Gasteiger partial charge on any atom is -0.485 e. The summed E-state index contributed by atoms with van der Waals surface area (Å²) in [7, 11) is 0. The van der Waals surface area contributed by atoms with E-state index in [1.807, 2.05) is 0 Å². The zero-order valence-corrected chi connectivity index (χ0v) is 16.6. The first-order chi connectivity index (χ1) is 14.0. The Morgan fingerprint density at radius 1 is 1.21 bits per heavy atom. The number of fused-ring (bicyclic) bond motifs is 1. The Morgan fingerprint density at radius 2 is 2.03 bits per heavy atom. The first kappa shape index (κ1) is 20.4. The Bertz CT molecular complexity index is 903.